The van der Waals surface area contributed by atoms with E-state index in [0.717, 1.165) is 37.6 Å². The summed E-state index contributed by atoms with van der Waals surface area (Å²) in [6.45, 7) is 1.63. The molecule has 1 aliphatic heterocycles. The Morgan fingerprint density at radius 1 is 1.33 bits per heavy atom. The zero-order valence-electron chi connectivity index (χ0n) is 11.4. The maximum Gasteiger partial charge on any atom is 0.328 e. The molecule has 0 unspecified atom stereocenters. The van der Waals surface area contributed by atoms with Crippen molar-refractivity contribution in [2.75, 3.05) is 19.7 Å². The molecular weight excluding hydrogens is 338 g/mol. The molecule has 5 nitrogen and oxygen atoms in total. The lowest BCUT2D eigenvalue weighted by Crippen LogP contribution is -2.32. The number of nitrogens with zero attached hydrogens (tertiary/aromatic N) is 1. The average Bonchev–Trinajstić information content (AvgIpc) is 2.98. The Balaban J connectivity index is 1.94. The Bertz CT molecular complexity index is 565. The summed E-state index contributed by atoms with van der Waals surface area (Å²) in [5.41, 5.74) is 0.738. The first-order valence-electron chi connectivity index (χ1n) is 6.67. The summed E-state index contributed by atoms with van der Waals surface area (Å²) in [5.74, 6) is -0.438. The lowest BCUT2D eigenvalue weighted by Gasteiger charge is -2.16. The number of hydrogen-bond donors (Lipinski definition) is 1. The monoisotopic (exact) mass is 353 g/mol. The summed E-state index contributed by atoms with van der Waals surface area (Å²) in [4.78, 5) is 24.1. The number of halogens is 1. The molecule has 0 saturated carbocycles. The van der Waals surface area contributed by atoms with Gasteiger partial charge in [-0.05, 0) is 52.5 Å². The van der Waals surface area contributed by atoms with E-state index < -0.39 is 5.97 Å². The van der Waals surface area contributed by atoms with E-state index in [9.17, 15) is 9.59 Å². The topological polar surface area (TPSA) is 66.8 Å². The van der Waals surface area contributed by atoms with Gasteiger partial charge in [0.05, 0.1) is 4.47 Å². The molecule has 1 heterocycles. The van der Waals surface area contributed by atoms with Crippen LogP contribution in [0.1, 0.15) is 18.4 Å². The molecule has 6 heteroatoms. The predicted molar refractivity (Wildman–Crippen MR) is 82.1 cm³/mol. The number of ether oxygens (including phenoxy) is 1. The Morgan fingerprint density at radius 3 is 2.67 bits per heavy atom. The van der Waals surface area contributed by atoms with Gasteiger partial charge in [0.25, 0.3) is 5.91 Å². The fraction of sp³-hybridized carbons (Fsp3) is 0.333. The van der Waals surface area contributed by atoms with Crippen molar-refractivity contribution in [3.8, 4) is 5.75 Å². The van der Waals surface area contributed by atoms with Crippen LogP contribution in [0.5, 0.6) is 5.75 Å². The molecule has 1 aliphatic rings. The molecule has 21 heavy (non-hydrogen) atoms. The van der Waals surface area contributed by atoms with Crippen molar-refractivity contribution in [2.24, 2.45) is 0 Å². The number of carboxylic acids is 1. The zero-order valence-corrected chi connectivity index (χ0v) is 13.0. The number of likely N-dealkylation sites (tertiary alicyclic amines) is 1. The third kappa shape index (κ3) is 4.60. The Kier molecular flexibility index (Phi) is 5.38. The molecular formula is C15H16BrNO4. The van der Waals surface area contributed by atoms with Gasteiger partial charge in [-0.25, -0.2) is 4.79 Å². The molecule has 0 bridgehead atoms. The van der Waals surface area contributed by atoms with Crippen molar-refractivity contribution in [2.45, 2.75) is 12.8 Å². The highest BCUT2D eigenvalue weighted by Crippen LogP contribution is 2.26. The summed E-state index contributed by atoms with van der Waals surface area (Å²) in [7, 11) is 0. The summed E-state index contributed by atoms with van der Waals surface area (Å²) < 4.78 is 6.20. The first kappa shape index (κ1) is 15.6. The van der Waals surface area contributed by atoms with Crippen LogP contribution in [-0.2, 0) is 9.59 Å². The third-order valence-electron chi connectivity index (χ3n) is 3.18. The fourth-order valence-electron chi connectivity index (χ4n) is 2.10. The van der Waals surface area contributed by atoms with Gasteiger partial charge in [-0.3, -0.25) is 4.79 Å². The number of carbonyl (C=O) groups is 2. The number of hydrogen-bond acceptors (Lipinski definition) is 3. The second-order valence-corrected chi connectivity index (χ2v) is 5.59. The van der Waals surface area contributed by atoms with Crippen LogP contribution in [0.4, 0.5) is 0 Å². The molecule has 1 saturated heterocycles. The molecule has 112 valence electrons. The van der Waals surface area contributed by atoms with Gasteiger partial charge in [0.2, 0.25) is 0 Å². The molecule has 1 N–H and O–H groups in total. The van der Waals surface area contributed by atoms with Gasteiger partial charge in [0.1, 0.15) is 5.75 Å². The molecule has 1 aromatic carbocycles. The van der Waals surface area contributed by atoms with Gasteiger partial charge >= 0.3 is 5.97 Å². The van der Waals surface area contributed by atoms with Crippen LogP contribution < -0.4 is 4.74 Å². The van der Waals surface area contributed by atoms with Crippen molar-refractivity contribution in [1.82, 2.24) is 4.90 Å². The quantitative estimate of drug-likeness (QED) is 0.826. The lowest BCUT2D eigenvalue weighted by molar-refractivity contribution is -0.132. The molecule has 0 aromatic heterocycles. The fourth-order valence-corrected chi connectivity index (χ4v) is 2.61. The van der Waals surface area contributed by atoms with Crippen molar-refractivity contribution in [1.29, 1.82) is 0 Å². The van der Waals surface area contributed by atoms with E-state index in [1.54, 1.807) is 23.1 Å². The molecule has 0 spiro atoms. The maximum absolute atomic E-state index is 11.9. The smallest absolute Gasteiger partial charge is 0.328 e. The summed E-state index contributed by atoms with van der Waals surface area (Å²) in [5, 5.41) is 8.58. The van der Waals surface area contributed by atoms with Crippen molar-refractivity contribution in [3.05, 3.63) is 34.3 Å². The number of benzene rings is 1. The minimum atomic E-state index is -0.998. The minimum Gasteiger partial charge on any atom is -0.483 e. The highest BCUT2D eigenvalue weighted by molar-refractivity contribution is 9.10. The standard InChI is InChI=1S/C15H16BrNO4/c16-12-9-11(4-6-15(19)20)3-5-13(12)21-10-14(18)17-7-1-2-8-17/h3-6,9H,1-2,7-8,10H2,(H,19,20). The summed E-state index contributed by atoms with van der Waals surface area (Å²) in [6, 6.07) is 5.19. The van der Waals surface area contributed by atoms with Crippen LogP contribution in [0.3, 0.4) is 0 Å². The molecule has 0 aliphatic carbocycles. The Hall–Kier alpha value is -1.82. The number of aliphatic carboxylic acids is 1. The zero-order chi connectivity index (χ0) is 15.2. The van der Waals surface area contributed by atoms with Crippen molar-refractivity contribution < 1.29 is 19.4 Å². The van der Waals surface area contributed by atoms with Gasteiger partial charge in [-0.1, -0.05) is 6.07 Å². The molecule has 1 amide bonds. The molecule has 0 radical (unpaired) electrons. The van der Waals surface area contributed by atoms with Gasteiger partial charge < -0.3 is 14.7 Å². The van der Waals surface area contributed by atoms with E-state index in [-0.39, 0.29) is 12.5 Å². The third-order valence-corrected chi connectivity index (χ3v) is 3.80. The first-order valence-corrected chi connectivity index (χ1v) is 7.46. The van der Waals surface area contributed by atoms with Gasteiger partial charge in [0.15, 0.2) is 6.61 Å². The van der Waals surface area contributed by atoms with Crippen LogP contribution in [0.2, 0.25) is 0 Å². The first-order chi connectivity index (χ1) is 10.1. The van der Waals surface area contributed by atoms with E-state index in [2.05, 4.69) is 15.9 Å². The van der Waals surface area contributed by atoms with Gasteiger partial charge in [-0.2, -0.15) is 0 Å². The molecule has 2 rings (SSSR count). The normalized spacial score (nSPS) is 14.6. The lowest BCUT2D eigenvalue weighted by atomic mass is 10.2. The predicted octanol–water partition coefficient (Wildman–Crippen LogP) is 2.55. The number of rotatable bonds is 5. The second-order valence-electron chi connectivity index (χ2n) is 4.74. The van der Waals surface area contributed by atoms with Gasteiger partial charge in [-0.15, -0.1) is 0 Å². The van der Waals surface area contributed by atoms with Crippen LogP contribution in [0.25, 0.3) is 6.08 Å². The maximum atomic E-state index is 11.9. The van der Waals surface area contributed by atoms with E-state index in [1.165, 1.54) is 6.08 Å². The number of carbonyl (C=O) groups excluding carboxylic acids is 1. The van der Waals surface area contributed by atoms with Crippen LogP contribution in [0.15, 0.2) is 28.7 Å². The molecule has 1 aromatic rings. The average molecular weight is 354 g/mol. The Labute approximate surface area is 131 Å². The van der Waals surface area contributed by atoms with Crippen LogP contribution >= 0.6 is 15.9 Å². The van der Waals surface area contributed by atoms with Crippen LogP contribution in [0, 0.1) is 0 Å². The van der Waals surface area contributed by atoms with E-state index in [4.69, 9.17) is 9.84 Å². The van der Waals surface area contributed by atoms with Crippen molar-refractivity contribution >= 4 is 33.9 Å². The highest BCUT2D eigenvalue weighted by Gasteiger charge is 2.18. The minimum absolute atomic E-state index is 0.00532. The number of amides is 1. The largest absolute Gasteiger partial charge is 0.483 e. The number of carboxylic acid groups (broad SMARTS) is 1. The SMILES string of the molecule is O=C(O)C=Cc1ccc(OCC(=O)N2CCCC2)c(Br)c1. The Morgan fingerprint density at radius 2 is 2.05 bits per heavy atom. The summed E-state index contributed by atoms with van der Waals surface area (Å²) >= 11 is 3.36. The summed E-state index contributed by atoms with van der Waals surface area (Å²) in [6.07, 6.45) is 4.67. The van der Waals surface area contributed by atoms with E-state index in [1.807, 2.05) is 0 Å². The second kappa shape index (κ2) is 7.26. The van der Waals surface area contributed by atoms with Crippen LogP contribution in [-0.4, -0.2) is 41.6 Å². The highest BCUT2D eigenvalue weighted by atomic mass is 79.9. The van der Waals surface area contributed by atoms with E-state index >= 15 is 0 Å². The van der Waals surface area contributed by atoms with Gasteiger partial charge in [0, 0.05) is 19.2 Å². The van der Waals surface area contributed by atoms with E-state index in [0.29, 0.717) is 10.2 Å². The molecule has 0 atom stereocenters. The van der Waals surface area contributed by atoms with Crippen molar-refractivity contribution in [3.63, 3.8) is 0 Å². The molecule has 1 fully saturated rings.